The van der Waals surface area contributed by atoms with Crippen molar-refractivity contribution < 1.29 is 22.7 Å². The van der Waals surface area contributed by atoms with Crippen molar-refractivity contribution in [2.75, 3.05) is 24.2 Å². The number of anilines is 1. The average Bonchev–Trinajstić information content (AvgIpc) is 3.40. The molecule has 0 bridgehead atoms. The Labute approximate surface area is 231 Å². The third-order valence-electron chi connectivity index (χ3n) is 6.86. The summed E-state index contributed by atoms with van der Waals surface area (Å²) in [7, 11) is -2.13. The van der Waals surface area contributed by atoms with Gasteiger partial charge in [-0.25, -0.2) is 8.42 Å². The van der Waals surface area contributed by atoms with E-state index in [9.17, 15) is 18.0 Å². The monoisotopic (exact) mass is 563 g/mol. The maximum Gasteiger partial charge on any atom is 0.243 e. The second-order valence-corrected chi connectivity index (χ2v) is 12.0. The quantitative estimate of drug-likeness (QED) is 0.379. The molecule has 0 spiro atoms. The summed E-state index contributed by atoms with van der Waals surface area (Å²) in [5, 5.41) is 3.73. The van der Waals surface area contributed by atoms with Gasteiger partial charge in [-0.15, -0.1) is 0 Å². The molecule has 38 heavy (non-hydrogen) atoms. The minimum absolute atomic E-state index is 0.0853. The molecule has 2 aromatic carbocycles. The summed E-state index contributed by atoms with van der Waals surface area (Å²) in [6.07, 6.45) is 6.07. The molecule has 3 rings (SSSR count). The Morgan fingerprint density at radius 3 is 2.37 bits per heavy atom. The van der Waals surface area contributed by atoms with Crippen molar-refractivity contribution in [2.24, 2.45) is 0 Å². The summed E-state index contributed by atoms with van der Waals surface area (Å²) in [6, 6.07) is 13.6. The lowest BCUT2D eigenvalue weighted by atomic mass is 10.1. The molecule has 1 aliphatic rings. The Bertz CT molecular complexity index is 1180. The first-order chi connectivity index (χ1) is 18.1. The van der Waals surface area contributed by atoms with E-state index in [0.29, 0.717) is 22.9 Å². The number of hydrogen-bond donors (Lipinski definition) is 1. The molecule has 0 heterocycles. The number of nitrogens with one attached hydrogen (secondary N) is 1. The zero-order chi connectivity index (χ0) is 27.7. The number of rotatable bonds is 13. The molecule has 8 nitrogen and oxygen atoms in total. The maximum atomic E-state index is 13.6. The van der Waals surface area contributed by atoms with Gasteiger partial charge in [0, 0.05) is 30.6 Å². The first-order valence-electron chi connectivity index (χ1n) is 13.1. The number of hydrogen-bond acceptors (Lipinski definition) is 5. The van der Waals surface area contributed by atoms with Gasteiger partial charge in [-0.2, -0.15) is 0 Å². The minimum atomic E-state index is -3.62. The summed E-state index contributed by atoms with van der Waals surface area (Å²) < 4.78 is 31.8. The van der Waals surface area contributed by atoms with Crippen molar-refractivity contribution >= 4 is 39.1 Å². The highest BCUT2D eigenvalue weighted by atomic mass is 35.5. The van der Waals surface area contributed by atoms with Gasteiger partial charge in [0.15, 0.2) is 0 Å². The molecule has 0 radical (unpaired) electrons. The second-order valence-electron chi connectivity index (χ2n) is 9.67. The lowest BCUT2D eigenvalue weighted by Gasteiger charge is -2.32. The standard InChI is InChI=1S/C28H38ClN3O5S/c1-4-24(28(34)30-23-10-5-6-11-23)31(20-21-15-17-22(29)18-16-21)27(33)14-9-19-32(38(3,35)36)25-12-7-8-13-26(25)37-2/h7-8,12-13,15-18,23-24H,4-6,9-11,14,19-20H2,1-3H3,(H,30,34)/t24-/m0/s1. The first kappa shape index (κ1) is 29.8. The van der Waals surface area contributed by atoms with Crippen LogP contribution in [-0.4, -0.2) is 57.1 Å². The lowest BCUT2D eigenvalue weighted by Crippen LogP contribution is -2.51. The normalized spacial score (nSPS) is 14.6. The molecular weight excluding hydrogens is 526 g/mol. The van der Waals surface area contributed by atoms with Crippen LogP contribution in [0, 0.1) is 0 Å². The van der Waals surface area contributed by atoms with Crippen molar-refractivity contribution in [1.29, 1.82) is 0 Å². The molecule has 1 aliphatic carbocycles. The molecule has 2 aromatic rings. The van der Waals surface area contributed by atoms with Crippen LogP contribution in [0.2, 0.25) is 5.02 Å². The van der Waals surface area contributed by atoms with Gasteiger partial charge in [0.25, 0.3) is 0 Å². The van der Waals surface area contributed by atoms with Gasteiger partial charge < -0.3 is 15.0 Å². The zero-order valence-corrected chi connectivity index (χ0v) is 23.9. The molecule has 2 amide bonds. The van der Waals surface area contributed by atoms with E-state index in [4.69, 9.17) is 16.3 Å². The van der Waals surface area contributed by atoms with Gasteiger partial charge in [0.2, 0.25) is 21.8 Å². The van der Waals surface area contributed by atoms with E-state index in [-0.39, 0.29) is 43.8 Å². The van der Waals surface area contributed by atoms with Crippen LogP contribution in [0.25, 0.3) is 0 Å². The summed E-state index contributed by atoms with van der Waals surface area (Å²) in [6.45, 7) is 2.26. The highest BCUT2D eigenvalue weighted by Crippen LogP contribution is 2.30. The fraction of sp³-hybridized carbons (Fsp3) is 0.500. The predicted octanol–water partition coefficient (Wildman–Crippen LogP) is 4.76. The number of sulfonamides is 1. The molecule has 0 saturated heterocycles. The molecule has 0 aromatic heterocycles. The van der Waals surface area contributed by atoms with E-state index in [2.05, 4.69) is 5.32 Å². The van der Waals surface area contributed by atoms with Crippen molar-refractivity contribution in [3.8, 4) is 5.75 Å². The Balaban J connectivity index is 1.77. The Morgan fingerprint density at radius 1 is 1.11 bits per heavy atom. The Kier molecular flexibility index (Phi) is 10.8. The Hall–Kier alpha value is -2.78. The molecule has 1 fully saturated rings. The highest BCUT2D eigenvalue weighted by molar-refractivity contribution is 7.92. The Morgan fingerprint density at radius 2 is 1.76 bits per heavy atom. The summed E-state index contributed by atoms with van der Waals surface area (Å²) in [4.78, 5) is 28.4. The van der Waals surface area contributed by atoms with E-state index < -0.39 is 16.1 Å². The van der Waals surface area contributed by atoms with E-state index in [0.717, 1.165) is 37.5 Å². The number of benzene rings is 2. The number of carbonyl (C=O) groups excluding carboxylic acids is 2. The average molecular weight is 564 g/mol. The van der Waals surface area contributed by atoms with Gasteiger partial charge in [0.1, 0.15) is 11.8 Å². The van der Waals surface area contributed by atoms with E-state index in [1.807, 2.05) is 19.1 Å². The van der Waals surface area contributed by atoms with Crippen LogP contribution < -0.4 is 14.4 Å². The number of halogens is 1. The predicted molar refractivity (Wildman–Crippen MR) is 151 cm³/mol. The second kappa shape index (κ2) is 13.8. The van der Waals surface area contributed by atoms with Gasteiger partial charge >= 0.3 is 0 Å². The lowest BCUT2D eigenvalue weighted by molar-refractivity contribution is -0.141. The topological polar surface area (TPSA) is 96.0 Å². The smallest absolute Gasteiger partial charge is 0.243 e. The molecule has 0 aliphatic heterocycles. The summed E-state index contributed by atoms with van der Waals surface area (Å²) in [5.41, 5.74) is 1.28. The number of carbonyl (C=O) groups is 2. The molecular formula is C28H38ClN3O5S. The molecule has 208 valence electrons. The van der Waals surface area contributed by atoms with Crippen LogP contribution in [0.5, 0.6) is 5.75 Å². The van der Waals surface area contributed by atoms with Gasteiger partial charge in [0.05, 0.1) is 19.1 Å². The highest BCUT2D eigenvalue weighted by Gasteiger charge is 2.31. The van der Waals surface area contributed by atoms with Gasteiger partial charge in [-0.3, -0.25) is 13.9 Å². The SMILES string of the molecule is CC[C@@H](C(=O)NC1CCCC1)N(Cc1ccc(Cl)cc1)C(=O)CCCN(c1ccccc1OC)S(C)(=O)=O. The number of methoxy groups -OCH3 is 1. The van der Waals surface area contributed by atoms with Gasteiger partial charge in [-0.05, 0) is 55.5 Å². The van der Waals surface area contributed by atoms with Crippen LogP contribution in [0.3, 0.4) is 0 Å². The van der Waals surface area contributed by atoms with Crippen LogP contribution >= 0.6 is 11.6 Å². The molecule has 0 unspecified atom stereocenters. The van der Waals surface area contributed by atoms with Crippen LogP contribution in [0.15, 0.2) is 48.5 Å². The fourth-order valence-corrected chi connectivity index (χ4v) is 5.99. The third-order valence-corrected chi connectivity index (χ3v) is 8.29. The fourth-order valence-electron chi connectivity index (χ4n) is 4.89. The minimum Gasteiger partial charge on any atom is -0.495 e. The van der Waals surface area contributed by atoms with E-state index in [1.54, 1.807) is 41.3 Å². The molecule has 1 saturated carbocycles. The molecule has 10 heteroatoms. The van der Waals surface area contributed by atoms with Crippen LogP contribution in [0.1, 0.15) is 57.4 Å². The van der Waals surface area contributed by atoms with Crippen LogP contribution in [0.4, 0.5) is 5.69 Å². The molecule has 1 N–H and O–H groups in total. The third kappa shape index (κ3) is 8.11. The van der Waals surface area contributed by atoms with Crippen molar-refractivity contribution in [3.05, 3.63) is 59.1 Å². The van der Waals surface area contributed by atoms with Crippen LogP contribution in [-0.2, 0) is 26.2 Å². The number of para-hydroxylation sites is 2. The number of amides is 2. The summed E-state index contributed by atoms with van der Waals surface area (Å²) in [5.74, 6) is 0.0820. The van der Waals surface area contributed by atoms with E-state index >= 15 is 0 Å². The van der Waals surface area contributed by atoms with Crippen molar-refractivity contribution in [2.45, 2.75) is 70.5 Å². The first-order valence-corrected chi connectivity index (χ1v) is 15.3. The molecule has 1 atom stereocenters. The summed E-state index contributed by atoms with van der Waals surface area (Å²) >= 11 is 6.05. The van der Waals surface area contributed by atoms with Crippen molar-refractivity contribution in [1.82, 2.24) is 10.2 Å². The largest absolute Gasteiger partial charge is 0.495 e. The number of nitrogens with zero attached hydrogens (tertiary/aromatic N) is 2. The van der Waals surface area contributed by atoms with Gasteiger partial charge in [-0.1, -0.05) is 55.6 Å². The maximum absolute atomic E-state index is 13.6. The number of ether oxygens (including phenoxy) is 1. The zero-order valence-electron chi connectivity index (χ0n) is 22.4. The van der Waals surface area contributed by atoms with Crippen molar-refractivity contribution in [3.63, 3.8) is 0 Å². The van der Waals surface area contributed by atoms with E-state index in [1.165, 1.54) is 11.4 Å².